The fourth-order valence-electron chi connectivity index (χ4n) is 3.07. The van der Waals surface area contributed by atoms with Crippen LogP contribution in [0.2, 0.25) is 0 Å². The van der Waals surface area contributed by atoms with Crippen LogP contribution in [0.1, 0.15) is 32.1 Å². The summed E-state index contributed by atoms with van der Waals surface area (Å²) in [5.41, 5.74) is -0.104. The Morgan fingerprint density at radius 3 is 2.83 bits per heavy atom. The number of likely N-dealkylation sites (N-methyl/N-ethyl adjacent to an activating group) is 1. The van der Waals surface area contributed by atoms with Crippen LogP contribution >= 0.6 is 11.3 Å². The zero-order valence-corrected chi connectivity index (χ0v) is 18.7. The van der Waals surface area contributed by atoms with E-state index in [1.165, 1.54) is 11.0 Å². The summed E-state index contributed by atoms with van der Waals surface area (Å²) in [5.74, 6) is -0.580. The first-order valence-corrected chi connectivity index (χ1v) is 10.8. The first kappa shape index (κ1) is 23.1. The fraction of sp³-hybridized carbons (Fsp3) is 0.571. The summed E-state index contributed by atoms with van der Waals surface area (Å²) >= 11 is 1.57. The Kier molecular flexibility index (Phi) is 7.98. The van der Waals surface area contributed by atoms with Crippen LogP contribution in [0.3, 0.4) is 0 Å². The molecule has 160 valence electrons. The Labute approximate surface area is 177 Å². The number of piperazine rings is 1. The summed E-state index contributed by atoms with van der Waals surface area (Å²) < 4.78 is 0. The smallest absolute Gasteiger partial charge is 0.246 e. The number of rotatable bonds is 8. The Hall–Kier alpha value is -2.19. The van der Waals surface area contributed by atoms with Crippen molar-refractivity contribution in [1.29, 1.82) is 0 Å². The van der Waals surface area contributed by atoms with E-state index < -0.39 is 12.1 Å². The van der Waals surface area contributed by atoms with E-state index in [2.05, 4.69) is 10.6 Å². The molecule has 1 saturated heterocycles. The zero-order chi connectivity index (χ0) is 21.6. The molecule has 1 fully saturated rings. The van der Waals surface area contributed by atoms with E-state index in [0.29, 0.717) is 25.9 Å². The molecule has 1 aromatic rings. The maximum Gasteiger partial charge on any atom is 0.246 e. The predicted molar refractivity (Wildman–Crippen MR) is 116 cm³/mol. The van der Waals surface area contributed by atoms with Gasteiger partial charge in [0, 0.05) is 37.0 Å². The third-order valence-corrected chi connectivity index (χ3v) is 6.34. The molecule has 0 aliphatic carbocycles. The van der Waals surface area contributed by atoms with Gasteiger partial charge in [0.05, 0.1) is 0 Å². The Bertz CT molecular complexity index is 745. The largest absolute Gasteiger partial charge is 0.353 e. The maximum atomic E-state index is 13.1. The molecule has 2 rings (SSSR count). The molecule has 29 heavy (non-hydrogen) atoms. The van der Waals surface area contributed by atoms with Crippen LogP contribution in [0.15, 0.2) is 29.7 Å². The summed E-state index contributed by atoms with van der Waals surface area (Å²) in [5, 5.41) is 7.98. The molecular formula is C21H32N4O3S. The van der Waals surface area contributed by atoms with Gasteiger partial charge in [0.2, 0.25) is 17.7 Å². The van der Waals surface area contributed by atoms with Crippen LogP contribution in [0.4, 0.5) is 0 Å². The molecule has 1 aliphatic rings. The highest BCUT2D eigenvalue weighted by atomic mass is 32.1. The highest BCUT2D eigenvalue weighted by Crippen LogP contribution is 2.18. The molecule has 0 radical (unpaired) electrons. The van der Waals surface area contributed by atoms with Gasteiger partial charge in [0.15, 0.2) is 0 Å². The molecule has 0 spiro atoms. The van der Waals surface area contributed by atoms with Gasteiger partial charge in [-0.05, 0) is 51.8 Å². The van der Waals surface area contributed by atoms with Crippen molar-refractivity contribution < 1.29 is 14.4 Å². The Morgan fingerprint density at radius 2 is 2.21 bits per heavy atom. The minimum atomic E-state index is -0.652. The Morgan fingerprint density at radius 1 is 1.48 bits per heavy atom. The molecule has 1 aromatic heterocycles. The number of amides is 3. The van der Waals surface area contributed by atoms with E-state index in [9.17, 15) is 14.4 Å². The maximum absolute atomic E-state index is 13.1. The van der Waals surface area contributed by atoms with Crippen LogP contribution in [0.5, 0.6) is 0 Å². The van der Waals surface area contributed by atoms with E-state index in [4.69, 9.17) is 0 Å². The molecule has 0 saturated carbocycles. The summed E-state index contributed by atoms with van der Waals surface area (Å²) in [7, 11) is 3.50. The van der Waals surface area contributed by atoms with Crippen molar-refractivity contribution in [2.45, 2.75) is 51.2 Å². The van der Waals surface area contributed by atoms with Gasteiger partial charge in [0.25, 0.3) is 0 Å². The van der Waals surface area contributed by atoms with Crippen LogP contribution in [0, 0.1) is 0 Å². The second-order valence-corrected chi connectivity index (χ2v) is 9.02. The number of carbonyl (C=O) groups excluding carboxylic acids is 3. The summed E-state index contributed by atoms with van der Waals surface area (Å²) in [6.07, 6.45) is 4.51. The second kappa shape index (κ2) is 10.0. The lowest BCUT2D eigenvalue weighted by Gasteiger charge is -2.38. The average molecular weight is 421 g/mol. The molecule has 3 amide bonds. The number of hydrogen-bond donors (Lipinski definition) is 2. The molecular weight excluding hydrogens is 388 g/mol. The van der Waals surface area contributed by atoms with Crippen molar-refractivity contribution in [3.05, 3.63) is 34.5 Å². The van der Waals surface area contributed by atoms with Crippen molar-refractivity contribution in [1.82, 2.24) is 20.4 Å². The van der Waals surface area contributed by atoms with Gasteiger partial charge in [0.1, 0.15) is 12.1 Å². The highest BCUT2D eigenvalue weighted by Gasteiger charge is 2.36. The highest BCUT2D eigenvalue weighted by molar-refractivity contribution is 7.09. The van der Waals surface area contributed by atoms with Gasteiger partial charge in [-0.25, -0.2) is 0 Å². The van der Waals surface area contributed by atoms with E-state index in [-0.39, 0.29) is 23.3 Å². The first-order valence-electron chi connectivity index (χ1n) is 9.89. The van der Waals surface area contributed by atoms with Crippen LogP contribution in [-0.2, 0) is 20.8 Å². The number of nitrogens with one attached hydrogen (secondary N) is 2. The molecule has 0 aromatic carbocycles. The number of nitrogens with zero attached hydrogens (tertiary/aromatic N) is 2. The standard InChI is InChI=1S/C21H32N4O3S/c1-15(24(5)18(26)9-6-10-21(2,3)22-4)20(28)25-12-11-23-19(27)17(25)14-16-8-7-13-29-16/h6-9,13,15,17,22H,10-12,14H2,1-5H3,(H,23,27)/b9-6+/t15-,17?/m1/s1. The predicted octanol–water partition coefficient (Wildman–Crippen LogP) is 1.41. The second-order valence-electron chi connectivity index (χ2n) is 7.99. The average Bonchev–Trinajstić information content (AvgIpc) is 3.20. The summed E-state index contributed by atoms with van der Waals surface area (Å²) in [6.45, 7) is 6.67. The SMILES string of the molecule is CNC(C)(C)C/C=C/C(=O)N(C)[C@H](C)C(=O)N1CCNC(=O)C1Cc1cccs1. The van der Waals surface area contributed by atoms with Crippen molar-refractivity contribution in [2.24, 2.45) is 0 Å². The van der Waals surface area contributed by atoms with E-state index >= 15 is 0 Å². The molecule has 2 heterocycles. The van der Waals surface area contributed by atoms with Crippen molar-refractivity contribution >= 4 is 29.1 Å². The zero-order valence-electron chi connectivity index (χ0n) is 17.9. The van der Waals surface area contributed by atoms with Crippen LogP contribution in [0.25, 0.3) is 0 Å². The van der Waals surface area contributed by atoms with Crippen molar-refractivity contribution in [3.63, 3.8) is 0 Å². The molecule has 7 nitrogen and oxygen atoms in total. The van der Waals surface area contributed by atoms with Gasteiger partial charge in [-0.2, -0.15) is 0 Å². The normalized spacial score (nSPS) is 18.6. The van der Waals surface area contributed by atoms with E-state index in [0.717, 1.165) is 4.88 Å². The van der Waals surface area contributed by atoms with Gasteiger partial charge < -0.3 is 20.4 Å². The molecule has 0 bridgehead atoms. The molecule has 1 aliphatic heterocycles. The Balaban J connectivity index is 2.04. The third kappa shape index (κ3) is 6.14. The summed E-state index contributed by atoms with van der Waals surface area (Å²) in [6, 6.07) is 2.70. The number of carbonyl (C=O) groups is 3. The molecule has 8 heteroatoms. The summed E-state index contributed by atoms with van der Waals surface area (Å²) in [4.78, 5) is 42.2. The van der Waals surface area contributed by atoms with Crippen molar-refractivity contribution in [2.75, 3.05) is 27.2 Å². The minimum absolute atomic E-state index is 0.104. The van der Waals surface area contributed by atoms with E-state index in [1.54, 1.807) is 30.2 Å². The topological polar surface area (TPSA) is 81.8 Å². The van der Waals surface area contributed by atoms with Gasteiger partial charge in [-0.3, -0.25) is 14.4 Å². The lowest BCUT2D eigenvalue weighted by Crippen LogP contribution is -2.61. The number of hydrogen-bond acceptors (Lipinski definition) is 5. The van der Waals surface area contributed by atoms with E-state index in [1.807, 2.05) is 44.5 Å². The third-order valence-electron chi connectivity index (χ3n) is 5.44. The van der Waals surface area contributed by atoms with Gasteiger partial charge in [-0.15, -0.1) is 11.3 Å². The van der Waals surface area contributed by atoms with Gasteiger partial charge >= 0.3 is 0 Å². The minimum Gasteiger partial charge on any atom is -0.353 e. The quantitative estimate of drug-likeness (QED) is 0.623. The van der Waals surface area contributed by atoms with Crippen LogP contribution in [-0.4, -0.2) is 72.3 Å². The monoisotopic (exact) mass is 420 g/mol. The molecule has 2 atom stereocenters. The number of thiophene rings is 1. The lowest BCUT2D eigenvalue weighted by atomic mass is 10.0. The van der Waals surface area contributed by atoms with Gasteiger partial charge in [-0.1, -0.05) is 12.1 Å². The fourth-order valence-corrected chi connectivity index (χ4v) is 3.81. The molecule has 2 N–H and O–H groups in total. The molecule has 1 unspecified atom stereocenters. The van der Waals surface area contributed by atoms with Crippen molar-refractivity contribution in [3.8, 4) is 0 Å². The first-order chi connectivity index (χ1) is 13.7. The lowest BCUT2D eigenvalue weighted by molar-refractivity contribution is -0.148. The van der Waals surface area contributed by atoms with Crippen LogP contribution < -0.4 is 10.6 Å².